The van der Waals surface area contributed by atoms with Gasteiger partial charge in [-0.2, -0.15) is 0 Å². The first kappa shape index (κ1) is 15.5. The van der Waals surface area contributed by atoms with E-state index in [1.165, 1.54) is 12.1 Å². The van der Waals surface area contributed by atoms with Crippen molar-refractivity contribution in [1.29, 1.82) is 0 Å². The van der Waals surface area contributed by atoms with Crippen LogP contribution >= 0.6 is 0 Å². The summed E-state index contributed by atoms with van der Waals surface area (Å²) in [5.41, 5.74) is 0.479. The van der Waals surface area contributed by atoms with Gasteiger partial charge in [0.1, 0.15) is 0 Å². The predicted molar refractivity (Wildman–Crippen MR) is 77.6 cm³/mol. The van der Waals surface area contributed by atoms with E-state index in [1.54, 1.807) is 12.1 Å². The zero-order chi connectivity index (χ0) is 15.2. The second kappa shape index (κ2) is 7.19. The van der Waals surface area contributed by atoms with E-state index in [2.05, 4.69) is 10.2 Å². The molecule has 1 fully saturated rings. The lowest BCUT2D eigenvalue weighted by atomic mass is 10.1. The Morgan fingerprint density at radius 2 is 2.00 bits per heavy atom. The van der Waals surface area contributed by atoms with Gasteiger partial charge in [-0.3, -0.25) is 9.69 Å². The topological polar surface area (TPSA) is 78.9 Å². The standard InChI is InChI=1S/C15H20N2O4/c1-11(10-17-5-7-21-8-6-17)16-14(18)12-3-2-4-13(9-12)15(19)20/h2-4,9,11H,5-8,10H2,1H3,(H,16,18)(H,19,20). The monoisotopic (exact) mass is 292 g/mol. The van der Waals surface area contributed by atoms with Gasteiger partial charge in [0.05, 0.1) is 18.8 Å². The number of aromatic carboxylic acids is 1. The normalized spacial score (nSPS) is 17.2. The third kappa shape index (κ3) is 4.54. The number of nitrogens with one attached hydrogen (secondary N) is 1. The predicted octanol–water partition coefficient (Wildman–Crippen LogP) is 0.835. The van der Waals surface area contributed by atoms with E-state index < -0.39 is 5.97 Å². The van der Waals surface area contributed by atoms with Gasteiger partial charge in [0.2, 0.25) is 0 Å². The molecule has 6 nitrogen and oxygen atoms in total. The molecule has 1 atom stereocenters. The fourth-order valence-corrected chi connectivity index (χ4v) is 2.32. The molecule has 1 aliphatic rings. The van der Waals surface area contributed by atoms with Gasteiger partial charge in [-0.1, -0.05) is 6.07 Å². The zero-order valence-corrected chi connectivity index (χ0v) is 12.0. The van der Waals surface area contributed by atoms with Crippen molar-refractivity contribution >= 4 is 11.9 Å². The van der Waals surface area contributed by atoms with E-state index in [0.29, 0.717) is 5.56 Å². The third-order valence-corrected chi connectivity index (χ3v) is 3.38. The summed E-state index contributed by atoms with van der Waals surface area (Å²) in [7, 11) is 0. The summed E-state index contributed by atoms with van der Waals surface area (Å²) in [6.45, 7) is 5.88. The first-order chi connectivity index (χ1) is 10.1. The van der Waals surface area contributed by atoms with Crippen molar-refractivity contribution in [2.24, 2.45) is 0 Å². The number of morpholine rings is 1. The number of benzene rings is 1. The Morgan fingerprint density at radius 1 is 1.33 bits per heavy atom. The highest BCUT2D eigenvalue weighted by molar-refractivity contribution is 5.97. The Labute approximate surface area is 123 Å². The van der Waals surface area contributed by atoms with E-state index in [9.17, 15) is 9.59 Å². The average molecular weight is 292 g/mol. The molecular formula is C15H20N2O4. The van der Waals surface area contributed by atoms with Crippen LogP contribution in [-0.2, 0) is 4.74 Å². The summed E-state index contributed by atoms with van der Waals surface area (Å²) in [6.07, 6.45) is 0. The van der Waals surface area contributed by atoms with Crippen molar-refractivity contribution < 1.29 is 19.4 Å². The molecule has 1 heterocycles. The van der Waals surface area contributed by atoms with Crippen LogP contribution in [0.25, 0.3) is 0 Å². The Kier molecular flexibility index (Phi) is 5.30. The number of carboxylic acid groups (broad SMARTS) is 1. The fourth-order valence-electron chi connectivity index (χ4n) is 2.32. The first-order valence-corrected chi connectivity index (χ1v) is 7.00. The first-order valence-electron chi connectivity index (χ1n) is 7.00. The van der Waals surface area contributed by atoms with Gasteiger partial charge in [-0.25, -0.2) is 4.79 Å². The molecule has 0 saturated carbocycles. The molecule has 0 spiro atoms. The molecule has 0 radical (unpaired) electrons. The molecule has 0 aromatic heterocycles. The molecule has 2 N–H and O–H groups in total. The average Bonchev–Trinajstić information content (AvgIpc) is 2.48. The number of rotatable bonds is 5. The van der Waals surface area contributed by atoms with Crippen LogP contribution in [-0.4, -0.2) is 60.8 Å². The molecule has 1 aromatic rings. The summed E-state index contributed by atoms with van der Waals surface area (Å²) >= 11 is 0. The summed E-state index contributed by atoms with van der Waals surface area (Å²) in [6, 6.07) is 6.04. The van der Waals surface area contributed by atoms with Crippen LogP contribution in [0.1, 0.15) is 27.6 Å². The minimum absolute atomic E-state index is 0.0101. The molecule has 2 rings (SSSR count). The van der Waals surface area contributed by atoms with Crippen LogP contribution in [0.3, 0.4) is 0 Å². The molecule has 0 bridgehead atoms. The lowest BCUT2D eigenvalue weighted by molar-refractivity contribution is 0.0342. The summed E-state index contributed by atoms with van der Waals surface area (Å²) < 4.78 is 5.28. The van der Waals surface area contributed by atoms with Crippen LogP contribution < -0.4 is 5.32 Å². The van der Waals surface area contributed by atoms with Crippen LogP contribution in [0, 0.1) is 0 Å². The smallest absolute Gasteiger partial charge is 0.335 e. The minimum atomic E-state index is -1.04. The Balaban J connectivity index is 1.90. The van der Waals surface area contributed by atoms with Crippen LogP contribution in [0.4, 0.5) is 0 Å². The van der Waals surface area contributed by atoms with Crippen LogP contribution in [0.2, 0.25) is 0 Å². The third-order valence-electron chi connectivity index (χ3n) is 3.38. The van der Waals surface area contributed by atoms with Gasteiger partial charge >= 0.3 is 5.97 Å². The SMILES string of the molecule is CC(CN1CCOCC1)NC(=O)c1cccc(C(=O)O)c1. The number of carboxylic acids is 1. The van der Waals surface area contributed by atoms with Crippen molar-refractivity contribution in [3.05, 3.63) is 35.4 Å². The highest BCUT2D eigenvalue weighted by Crippen LogP contribution is 2.06. The van der Waals surface area contributed by atoms with E-state index in [-0.39, 0.29) is 17.5 Å². The van der Waals surface area contributed by atoms with Crippen LogP contribution in [0.5, 0.6) is 0 Å². The van der Waals surface area contributed by atoms with Crippen molar-refractivity contribution in [2.75, 3.05) is 32.8 Å². The maximum atomic E-state index is 12.1. The second-order valence-electron chi connectivity index (χ2n) is 5.17. The van der Waals surface area contributed by atoms with Gasteiger partial charge in [0.15, 0.2) is 0 Å². The maximum Gasteiger partial charge on any atom is 0.335 e. The summed E-state index contributed by atoms with van der Waals surface area (Å²) in [5, 5.41) is 11.8. The molecule has 1 amide bonds. The minimum Gasteiger partial charge on any atom is -0.478 e. The molecule has 1 unspecified atom stereocenters. The fraction of sp³-hybridized carbons (Fsp3) is 0.467. The molecule has 21 heavy (non-hydrogen) atoms. The zero-order valence-electron chi connectivity index (χ0n) is 12.0. The quantitative estimate of drug-likeness (QED) is 0.840. The van der Waals surface area contributed by atoms with Gasteiger partial charge in [0, 0.05) is 31.2 Å². The molecule has 1 aliphatic heterocycles. The van der Waals surface area contributed by atoms with E-state index in [4.69, 9.17) is 9.84 Å². The summed E-state index contributed by atoms with van der Waals surface area (Å²) in [5.74, 6) is -1.29. The highest BCUT2D eigenvalue weighted by Gasteiger charge is 2.16. The number of hydrogen-bond acceptors (Lipinski definition) is 4. The van der Waals surface area contributed by atoms with Crippen molar-refractivity contribution in [3.63, 3.8) is 0 Å². The Bertz CT molecular complexity index is 512. The molecule has 6 heteroatoms. The number of carbonyl (C=O) groups excluding carboxylic acids is 1. The van der Waals surface area contributed by atoms with Crippen molar-refractivity contribution in [2.45, 2.75) is 13.0 Å². The highest BCUT2D eigenvalue weighted by atomic mass is 16.5. The van der Waals surface area contributed by atoms with Crippen LogP contribution in [0.15, 0.2) is 24.3 Å². The summed E-state index contributed by atoms with van der Waals surface area (Å²) in [4.78, 5) is 25.3. The van der Waals surface area contributed by atoms with Gasteiger partial charge in [-0.15, -0.1) is 0 Å². The lowest BCUT2D eigenvalue weighted by Gasteiger charge is -2.29. The molecule has 0 aliphatic carbocycles. The van der Waals surface area contributed by atoms with Crippen molar-refractivity contribution in [3.8, 4) is 0 Å². The van der Waals surface area contributed by atoms with Gasteiger partial charge in [0.25, 0.3) is 5.91 Å². The van der Waals surface area contributed by atoms with Crippen molar-refractivity contribution in [1.82, 2.24) is 10.2 Å². The molecule has 114 valence electrons. The number of carbonyl (C=O) groups is 2. The van der Waals surface area contributed by atoms with Gasteiger partial charge < -0.3 is 15.2 Å². The number of ether oxygens (including phenoxy) is 1. The Hall–Kier alpha value is -1.92. The number of amides is 1. The molecule has 1 saturated heterocycles. The number of nitrogens with zero attached hydrogens (tertiary/aromatic N) is 1. The second-order valence-corrected chi connectivity index (χ2v) is 5.17. The lowest BCUT2D eigenvalue weighted by Crippen LogP contribution is -2.46. The molecular weight excluding hydrogens is 272 g/mol. The van der Waals surface area contributed by atoms with E-state index >= 15 is 0 Å². The van der Waals surface area contributed by atoms with E-state index in [1.807, 2.05) is 6.92 Å². The number of hydrogen-bond donors (Lipinski definition) is 2. The largest absolute Gasteiger partial charge is 0.478 e. The molecule has 1 aromatic carbocycles. The Morgan fingerprint density at radius 3 is 2.67 bits per heavy atom. The maximum absolute atomic E-state index is 12.1. The van der Waals surface area contributed by atoms with Gasteiger partial charge in [-0.05, 0) is 25.1 Å². The van der Waals surface area contributed by atoms with E-state index in [0.717, 1.165) is 32.8 Å².